The van der Waals surface area contributed by atoms with Crippen LogP contribution >= 0.6 is 15.9 Å². The predicted octanol–water partition coefficient (Wildman–Crippen LogP) is 3.20. The summed E-state index contributed by atoms with van der Waals surface area (Å²) in [7, 11) is 0. The molecule has 92 valence electrons. The average molecular weight is 288 g/mol. The molecule has 0 aliphatic heterocycles. The highest BCUT2D eigenvalue weighted by Gasteiger charge is 2.18. The van der Waals surface area contributed by atoms with Crippen LogP contribution < -0.4 is 5.32 Å². The summed E-state index contributed by atoms with van der Waals surface area (Å²) >= 11 is 3.40. The molecule has 0 bridgehead atoms. The summed E-state index contributed by atoms with van der Waals surface area (Å²) in [6.45, 7) is 9.84. The fourth-order valence-electron chi connectivity index (χ4n) is 2.13. The van der Waals surface area contributed by atoms with Crippen LogP contribution in [0.15, 0.2) is 16.9 Å². The lowest BCUT2D eigenvalue weighted by atomic mass is 9.98. The minimum Gasteiger partial charge on any atom is -0.307 e. The van der Waals surface area contributed by atoms with Crippen molar-refractivity contribution in [2.45, 2.75) is 58.7 Å². The third-order valence-corrected chi connectivity index (χ3v) is 2.98. The zero-order valence-corrected chi connectivity index (χ0v) is 12.2. The maximum atomic E-state index is 4.26. The molecular weight excluding hydrogens is 266 g/mol. The topological polar surface area (TPSA) is 29.9 Å². The van der Waals surface area contributed by atoms with Gasteiger partial charge in [-0.2, -0.15) is 5.10 Å². The zero-order valence-electron chi connectivity index (χ0n) is 10.6. The molecule has 4 heteroatoms. The molecule has 3 nitrogen and oxygen atoms in total. The molecule has 1 N–H and O–H groups in total. The molecule has 0 saturated carbocycles. The van der Waals surface area contributed by atoms with E-state index in [1.165, 1.54) is 12.8 Å². The molecule has 1 unspecified atom stereocenters. The summed E-state index contributed by atoms with van der Waals surface area (Å²) in [5.74, 6) is 0. The van der Waals surface area contributed by atoms with Gasteiger partial charge in [0, 0.05) is 17.8 Å². The minimum atomic E-state index is 0.207. The Balaban J connectivity index is 2.44. The fourth-order valence-corrected chi connectivity index (χ4v) is 2.46. The monoisotopic (exact) mass is 287 g/mol. The SMILES string of the molecule is CCCC(C)(C)NC(C)Cn1cc(Br)cn1. The number of nitrogens with zero attached hydrogens (tertiary/aromatic N) is 2. The van der Waals surface area contributed by atoms with Gasteiger partial charge in [-0.3, -0.25) is 4.68 Å². The van der Waals surface area contributed by atoms with E-state index in [4.69, 9.17) is 0 Å². The van der Waals surface area contributed by atoms with Crippen molar-refractivity contribution in [3.8, 4) is 0 Å². The quantitative estimate of drug-likeness (QED) is 0.871. The van der Waals surface area contributed by atoms with E-state index in [0.717, 1.165) is 11.0 Å². The van der Waals surface area contributed by atoms with E-state index >= 15 is 0 Å². The van der Waals surface area contributed by atoms with Crippen LogP contribution in [0.4, 0.5) is 0 Å². The van der Waals surface area contributed by atoms with Crippen LogP contribution in [0, 0.1) is 0 Å². The van der Waals surface area contributed by atoms with Crippen molar-refractivity contribution in [1.29, 1.82) is 0 Å². The molecule has 1 aromatic heterocycles. The van der Waals surface area contributed by atoms with Gasteiger partial charge in [0.25, 0.3) is 0 Å². The molecule has 0 fully saturated rings. The first-order valence-corrected chi connectivity index (χ1v) is 6.68. The Bertz CT molecular complexity index is 320. The molecule has 1 aromatic rings. The molecule has 0 spiro atoms. The Kier molecular flexibility index (Phi) is 4.99. The molecule has 1 rings (SSSR count). The van der Waals surface area contributed by atoms with Gasteiger partial charge < -0.3 is 5.32 Å². The highest BCUT2D eigenvalue weighted by molar-refractivity contribution is 9.10. The molecule has 1 heterocycles. The first-order valence-electron chi connectivity index (χ1n) is 5.88. The van der Waals surface area contributed by atoms with Gasteiger partial charge in [0.2, 0.25) is 0 Å². The molecule has 1 atom stereocenters. The number of hydrogen-bond acceptors (Lipinski definition) is 2. The lowest BCUT2D eigenvalue weighted by Gasteiger charge is -2.30. The van der Waals surface area contributed by atoms with Crippen LogP contribution in [0.1, 0.15) is 40.5 Å². The third kappa shape index (κ3) is 4.66. The van der Waals surface area contributed by atoms with E-state index in [0.29, 0.717) is 6.04 Å². The second kappa shape index (κ2) is 5.82. The maximum Gasteiger partial charge on any atom is 0.0632 e. The third-order valence-electron chi connectivity index (χ3n) is 2.57. The molecule has 0 aromatic carbocycles. The average Bonchev–Trinajstić information content (AvgIpc) is 2.49. The number of hydrogen-bond donors (Lipinski definition) is 1. The summed E-state index contributed by atoms with van der Waals surface area (Å²) < 4.78 is 3.00. The molecular formula is C12H22BrN3. The molecule has 0 saturated heterocycles. The summed E-state index contributed by atoms with van der Waals surface area (Å²) in [5.41, 5.74) is 0.207. The Morgan fingerprint density at radius 1 is 1.56 bits per heavy atom. The Morgan fingerprint density at radius 2 is 2.25 bits per heavy atom. The number of rotatable bonds is 6. The normalized spacial score (nSPS) is 14.1. The fraction of sp³-hybridized carbons (Fsp3) is 0.750. The van der Waals surface area contributed by atoms with Crippen molar-refractivity contribution in [2.75, 3.05) is 0 Å². The number of halogens is 1. The summed E-state index contributed by atoms with van der Waals surface area (Å²) in [6, 6.07) is 0.424. The van der Waals surface area contributed by atoms with Gasteiger partial charge in [-0.1, -0.05) is 13.3 Å². The van der Waals surface area contributed by atoms with Crippen molar-refractivity contribution >= 4 is 15.9 Å². The van der Waals surface area contributed by atoms with Crippen LogP contribution in [0.5, 0.6) is 0 Å². The van der Waals surface area contributed by atoms with Crippen LogP contribution in [0.2, 0.25) is 0 Å². The molecule has 0 radical (unpaired) electrons. The number of aromatic nitrogens is 2. The first kappa shape index (κ1) is 13.7. The van der Waals surface area contributed by atoms with Gasteiger partial charge in [-0.05, 0) is 43.1 Å². The van der Waals surface area contributed by atoms with E-state index in [2.05, 4.69) is 54.0 Å². The predicted molar refractivity (Wildman–Crippen MR) is 71.5 cm³/mol. The van der Waals surface area contributed by atoms with Crippen LogP contribution in [-0.4, -0.2) is 21.4 Å². The highest BCUT2D eigenvalue weighted by atomic mass is 79.9. The van der Waals surface area contributed by atoms with Crippen molar-refractivity contribution in [3.05, 3.63) is 16.9 Å². The summed E-state index contributed by atoms with van der Waals surface area (Å²) in [5, 5.41) is 7.90. The zero-order chi connectivity index (χ0) is 12.2. The van der Waals surface area contributed by atoms with Crippen molar-refractivity contribution < 1.29 is 0 Å². The van der Waals surface area contributed by atoms with Gasteiger partial charge >= 0.3 is 0 Å². The molecule has 16 heavy (non-hydrogen) atoms. The first-order chi connectivity index (χ1) is 7.43. The van der Waals surface area contributed by atoms with Crippen LogP contribution in [0.3, 0.4) is 0 Å². The standard InChI is InChI=1S/C12H22BrN3/c1-5-6-12(3,4)15-10(2)8-16-9-11(13)7-14-16/h7,9-10,15H,5-6,8H2,1-4H3. The largest absolute Gasteiger partial charge is 0.307 e. The number of nitrogens with one attached hydrogen (secondary N) is 1. The Labute approximate surface area is 107 Å². The second-order valence-electron chi connectivity index (χ2n) is 5.06. The molecule has 0 amide bonds. The van der Waals surface area contributed by atoms with E-state index in [1.807, 2.05) is 17.1 Å². The second-order valence-corrected chi connectivity index (χ2v) is 5.98. The molecule has 0 aliphatic rings. The van der Waals surface area contributed by atoms with Gasteiger partial charge in [-0.15, -0.1) is 0 Å². The Morgan fingerprint density at radius 3 is 2.75 bits per heavy atom. The maximum absolute atomic E-state index is 4.26. The van der Waals surface area contributed by atoms with E-state index in [-0.39, 0.29) is 5.54 Å². The smallest absolute Gasteiger partial charge is 0.0632 e. The van der Waals surface area contributed by atoms with E-state index in [1.54, 1.807) is 0 Å². The lowest BCUT2D eigenvalue weighted by Crippen LogP contribution is -2.46. The Hall–Kier alpha value is -0.350. The van der Waals surface area contributed by atoms with E-state index in [9.17, 15) is 0 Å². The van der Waals surface area contributed by atoms with Gasteiger partial charge in [0.15, 0.2) is 0 Å². The summed E-state index contributed by atoms with van der Waals surface area (Å²) in [4.78, 5) is 0. The van der Waals surface area contributed by atoms with Gasteiger partial charge in [0.05, 0.1) is 17.2 Å². The van der Waals surface area contributed by atoms with E-state index < -0.39 is 0 Å². The minimum absolute atomic E-state index is 0.207. The van der Waals surface area contributed by atoms with Crippen LogP contribution in [-0.2, 0) is 6.54 Å². The van der Waals surface area contributed by atoms with Gasteiger partial charge in [-0.25, -0.2) is 0 Å². The molecule has 0 aliphatic carbocycles. The lowest BCUT2D eigenvalue weighted by molar-refractivity contribution is 0.298. The van der Waals surface area contributed by atoms with Crippen molar-refractivity contribution in [3.63, 3.8) is 0 Å². The van der Waals surface area contributed by atoms with Crippen molar-refractivity contribution in [1.82, 2.24) is 15.1 Å². The highest BCUT2D eigenvalue weighted by Crippen LogP contribution is 2.13. The van der Waals surface area contributed by atoms with Crippen molar-refractivity contribution in [2.24, 2.45) is 0 Å². The van der Waals surface area contributed by atoms with Gasteiger partial charge in [0.1, 0.15) is 0 Å². The summed E-state index contributed by atoms with van der Waals surface area (Å²) in [6.07, 6.45) is 6.23. The van der Waals surface area contributed by atoms with Crippen LogP contribution in [0.25, 0.3) is 0 Å².